The van der Waals surface area contributed by atoms with E-state index < -0.39 is 6.04 Å². The lowest BCUT2D eigenvalue weighted by atomic mass is 10.0. The van der Waals surface area contributed by atoms with Crippen LogP contribution in [-0.2, 0) is 22.6 Å². The molecule has 0 aliphatic heterocycles. The summed E-state index contributed by atoms with van der Waals surface area (Å²) in [5.41, 5.74) is 2.92. The van der Waals surface area contributed by atoms with Crippen molar-refractivity contribution in [3.8, 4) is 5.75 Å². The molecule has 3 aromatic rings. The molecule has 178 valence electrons. The molecule has 2 amide bonds. The number of nitrogens with zero attached hydrogens (tertiary/aromatic N) is 1. The number of nitrogens with one attached hydrogen (secondary N) is 1. The van der Waals surface area contributed by atoms with Crippen LogP contribution in [0.25, 0.3) is 0 Å². The Morgan fingerprint density at radius 1 is 0.882 bits per heavy atom. The number of benzene rings is 3. The molecule has 0 unspecified atom stereocenters. The number of carbonyl (C=O) groups is 2. The molecule has 0 saturated carbocycles. The molecule has 0 spiro atoms. The Bertz CT molecular complexity index is 1050. The van der Waals surface area contributed by atoms with Gasteiger partial charge in [-0.1, -0.05) is 85.8 Å². The van der Waals surface area contributed by atoms with Gasteiger partial charge in [0.25, 0.3) is 5.91 Å². The SMILES string of the molecule is CC[C@@H](C)NC(=O)[C@@H](Cc1ccccc1)N(Cc1ccccc1)C(=O)COc1ccccc1C. The number of carbonyl (C=O) groups excluding carboxylic acids is 2. The lowest BCUT2D eigenvalue weighted by Gasteiger charge is -2.32. The quantitative estimate of drug-likeness (QED) is 0.443. The van der Waals surface area contributed by atoms with E-state index in [1.165, 1.54) is 0 Å². The van der Waals surface area contributed by atoms with Crippen LogP contribution < -0.4 is 10.1 Å². The molecule has 0 heterocycles. The highest BCUT2D eigenvalue weighted by atomic mass is 16.5. The monoisotopic (exact) mass is 458 g/mol. The summed E-state index contributed by atoms with van der Waals surface area (Å²) in [6.07, 6.45) is 1.23. The summed E-state index contributed by atoms with van der Waals surface area (Å²) in [4.78, 5) is 28.6. The van der Waals surface area contributed by atoms with Crippen molar-refractivity contribution in [3.63, 3.8) is 0 Å². The van der Waals surface area contributed by atoms with Gasteiger partial charge >= 0.3 is 0 Å². The van der Waals surface area contributed by atoms with Gasteiger partial charge in [-0.3, -0.25) is 9.59 Å². The van der Waals surface area contributed by atoms with Crippen molar-refractivity contribution in [2.75, 3.05) is 6.61 Å². The van der Waals surface area contributed by atoms with Gasteiger partial charge in [-0.25, -0.2) is 0 Å². The summed E-state index contributed by atoms with van der Waals surface area (Å²) < 4.78 is 5.88. The smallest absolute Gasteiger partial charge is 0.261 e. The summed E-state index contributed by atoms with van der Waals surface area (Å²) in [5.74, 6) is 0.282. The molecule has 0 fully saturated rings. The zero-order valence-corrected chi connectivity index (χ0v) is 20.2. The molecule has 1 N–H and O–H groups in total. The molecular formula is C29H34N2O3. The highest BCUT2D eigenvalue weighted by molar-refractivity contribution is 5.88. The zero-order chi connectivity index (χ0) is 24.3. The first-order valence-corrected chi connectivity index (χ1v) is 11.8. The maximum atomic E-state index is 13.5. The van der Waals surface area contributed by atoms with E-state index in [1.807, 2.05) is 106 Å². The Balaban J connectivity index is 1.90. The summed E-state index contributed by atoms with van der Waals surface area (Å²) >= 11 is 0. The van der Waals surface area contributed by atoms with Crippen molar-refractivity contribution in [1.82, 2.24) is 10.2 Å². The molecule has 5 heteroatoms. The van der Waals surface area contributed by atoms with E-state index in [9.17, 15) is 9.59 Å². The molecule has 0 bridgehead atoms. The third kappa shape index (κ3) is 7.20. The number of hydrogen-bond acceptors (Lipinski definition) is 3. The first-order valence-electron chi connectivity index (χ1n) is 11.8. The maximum absolute atomic E-state index is 13.5. The van der Waals surface area contributed by atoms with Crippen molar-refractivity contribution in [2.24, 2.45) is 0 Å². The third-order valence-electron chi connectivity index (χ3n) is 5.91. The largest absolute Gasteiger partial charge is 0.484 e. The molecule has 0 aliphatic rings. The molecule has 0 aliphatic carbocycles. The third-order valence-corrected chi connectivity index (χ3v) is 5.91. The van der Waals surface area contributed by atoms with Crippen LogP contribution in [0.5, 0.6) is 5.75 Å². The maximum Gasteiger partial charge on any atom is 0.261 e. The van der Waals surface area contributed by atoms with Gasteiger partial charge in [0.15, 0.2) is 6.61 Å². The number of aryl methyl sites for hydroxylation is 1. The predicted octanol–water partition coefficient (Wildman–Crippen LogP) is 4.93. The molecule has 3 aromatic carbocycles. The van der Waals surface area contributed by atoms with Gasteiger partial charge < -0.3 is 15.0 Å². The fourth-order valence-corrected chi connectivity index (χ4v) is 3.72. The number of para-hydroxylation sites is 1. The second-order valence-corrected chi connectivity index (χ2v) is 8.58. The number of rotatable bonds is 11. The minimum Gasteiger partial charge on any atom is -0.484 e. The second kappa shape index (κ2) is 12.6. The normalized spacial score (nSPS) is 12.4. The van der Waals surface area contributed by atoms with Crippen molar-refractivity contribution in [2.45, 2.75) is 52.2 Å². The van der Waals surface area contributed by atoms with Crippen LogP contribution in [0, 0.1) is 6.92 Å². The standard InChI is InChI=1S/C29H34N2O3/c1-4-23(3)30-29(33)26(19-24-14-7-5-8-15-24)31(20-25-16-9-6-10-17-25)28(32)21-34-27-18-12-11-13-22(27)2/h5-18,23,26H,4,19-21H2,1-3H3,(H,30,33)/t23-,26-/m1/s1. The van der Waals surface area contributed by atoms with Crippen LogP contribution in [0.15, 0.2) is 84.9 Å². The van der Waals surface area contributed by atoms with Crippen LogP contribution in [-0.4, -0.2) is 35.4 Å². The summed E-state index contributed by atoms with van der Waals surface area (Å²) in [5, 5.41) is 3.08. The lowest BCUT2D eigenvalue weighted by molar-refractivity contribution is -0.143. The number of hydrogen-bond donors (Lipinski definition) is 1. The van der Waals surface area contributed by atoms with Crippen LogP contribution in [0.2, 0.25) is 0 Å². The Labute approximate surface area is 202 Å². The topological polar surface area (TPSA) is 58.6 Å². The fourth-order valence-electron chi connectivity index (χ4n) is 3.72. The molecular weight excluding hydrogens is 424 g/mol. The van der Waals surface area contributed by atoms with Gasteiger partial charge in [0, 0.05) is 19.0 Å². The molecule has 0 radical (unpaired) electrons. The summed E-state index contributed by atoms with van der Waals surface area (Å²) in [6, 6.07) is 26.5. The minimum atomic E-state index is -0.662. The van der Waals surface area contributed by atoms with Gasteiger partial charge in [0.05, 0.1) is 0 Å². The molecule has 2 atom stereocenters. The van der Waals surface area contributed by atoms with E-state index in [1.54, 1.807) is 4.90 Å². The van der Waals surface area contributed by atoms with Crippen LogP contribution in [0.3, 0.4) is 0 Å². The Morgan fingerprint density at radius 3 is 2.09 bits per heavy atom. The van der Waals surface area contributed by atoms with Crippen molar-refractivity contribution in [3.05, 3.63) is 102 Å². The van der Waals surface area contributed by atoms with E-state index in [4.69, 9.17) is 4.74 Å². The van der Waals surface area contributed by atoms with E-state index in [0.717, 1.165) is 23.1 Å². The molecule has 5 nitrogen and oxygen atoms in total. The van der Waals surface area contributed by atoms with Gasteiger partial charge in [-0.2, -0.15) is 0 Å². The van der Waals surface area contributed by atoms with Crippen molar-refractivity contribution < 1.29 is 14.3 Å². The van der Waals surface area contributed by atoms with E-state index in [2.05, 4.69) is 5.32 Å². The highest BCUT2D eigenvalue weighted by Crippen LogP contribution is 2.18. The van der Waals surface area contributed by atoms with E-state index in [0.29, 0.717) is 18.7 Å². The molecule has 3 rings (SSSR count). The van der Waals surface area contributed by atoms with Gasteiger partial charge in [-0.15, -0.1) is 0 Å². The minimum absolute atomic E-state index is 0.0164. The average molecular weight is 459 g/mol. The van der Waals surface area contributed by atoms with Crippen LogP contribution >= 0.6 is 0 Å². The summed E-state index contributed by atoms with van der Waals surface area (Å²) in [7, 11) is 0. The van der Waals surface area contributed by atoms with Gasteiger partial charge in [-0.05, 0) is 43.0 Å². The van der Waals surface area contributed by atoms with Crippen LogP contribution in [0.4, 0.5) is 0 Å². The Hall–Kier alpha value is -3.60. The van der Waals surface area contributed by atoms with E-state index in [-0.39, 0.29) is 24.5 Å². The van der Waals surface area contributed by atoms with Gasteiger partial charge in [0.2, 0.25) is 5.91 Å². The first-order chi connectivity index (χ1) is 16.5. The number of ether oxygens (including phenoxy) is 1. The Morgan fingerprint density at radius 2 is 1.47 bits per heavy atom. The van der Waals surface area contributed by atoms with Crippen molar-refractivity contribution >= 4 is 11.8 Å². The van der Waals surface area contributed by atoms with E-state index >= 15 is 0 Å². The predicted molar refractivity (Wildman–Crippen MR) is 135 cm³/mol. The first kappa shape index (κ1) is 25.0. The summed E-state index contributed by atoms with van der Waals surface area (Å²) in [6.45, 7) is 6.13. The molecule has 0 saturated heterocycles. The van der Waals surface area contributed by atoms with Crippen LogP contribution in [0.1, 0.15) is 37.0 Å². The average Bonchev–Trinajstić information content (AvgIpc) is 2.86. The second-order valence-electron chi connectivity index (χ2n) is 8.58. The van der Waals surface area contributed by atoms with Gasteiger partial charge in [0.1, 0.15) is 11.8 Å². The van der Waals surface area contributed by atoms with Crippen molar-refractivity contribution in [1.29, 1.82) is 0 Å². The Kier molecular flexibility index (Phi) is 9.27. The fraction of sp³-hybridized carbons (Fsp3) is 0.310. The zero-order valence-electron chi connectivity index (χ0n) is 20.2. The molecule has 0 aromatic heterocycles. The lowest BCUT2D eigenvalue weighted by Crippen LogP contribution is -2.53. The molecule has 34 heavy (non-hydrogen) atoms. The highest BCUT2D eigenvalue weighted by Gasteiger charge is 2.31. The number of amides is 2.